The van der Waals surface area contributed by atoms with Gasteiger partial charge in [-0.15, -0.1) is 0 Å². The second-order valence-corrected chi connectivity index (χ2v) is 3.90. The van der Waals surface area contributed by atoms with E-state index in [9.17, 15) is 4.39 Å². The zero-order chi connectivity index (χ0) is 12.3. The van der Waals surface area contributed by atoms with E-state index in [1.165, 1.54) is 6.20 Å². The maximum atomic E-state index is 13.6. The maximum Gasteiger partial charge on any atom is 0.146 e. The summed E-state index contributed by atoms with van der Waals surface area (Å²) >= 11 is 0. The van der Waals surface area contributed by atoms with Crippen molar-refractivity contribution in [1.29, 1.82) is 0 Å². The first-order valence-corrected chi connectivity index (χ1v) is 5.45. The van der Waals surface area contributed by atoms with Crippen LogP contribution in [0.15, 0.2) is 30.9 Å². The summed E-state index contributed by atoms with van der Waals surface area (Å²) in [5, 5.41) is 3.10. The van der Waals surface area contributed by atoms with Gasteiger partial charge in [-0.05, 0) is 13.1 Å². The van der Waals surface area contributed by atoms with Crippen molar-refractivity contribution in [2.45, 2.75) is 12.5 Å². The summed E-state index contributed by atoms with van der Waals surface area (Å²) in [5.41, 5.74) is 0.616. The van der Waals surface area contributed by atoms with Gasteiger partial charge in [0.2, 0.25) is 0 Å². The lowest BCUT2D eigenvalue weighted by molar-refractivity contribution is 0.516. The van der Waals surface area contributed by atoms with Crippen LogP contribution in [-0.4, -0.2) is 21.6 Å². The minimum absolute atomic E-state index is 0.0981. The molecule has 0 aromatic carbocycles. The highest BCUT2D eigenvalue weighted by Crippen LogP contribution is 2.19. The van der Waals surface area contributed by atoms with E-state index < -0.39 is 0 Å². The van der Waals surface area contributed by atoms with Crippen molar-refractivity contribution in [3.63, 3.8) is 0 Å². The molecule has 0 radical (unpaired) electrons. The summed E-state index contributed by atoms with van der Waals surface area (Å²) in [6, 6.07) is 1.60. The third-order valence-electron chi connectivity index (χ3n) is 2.84. The lowest BCUT2D eigenvalue weighted by Crippen LogP contribution is -2.21. The van der Waals surface area contributed by atoms with E-state index in [4.69, 9.17) is 0 Å². The molecule has 2 aromatic rings. The topological polar surface area (TPSA) is 42.7 Å². The molecule has 5 heteroatoms. The molecule has 0 amide bonds. The molecule has 0 spiro atoms. The Kier molecular flexibility index (Phi) is 3.49. The molecule has 4 nitrogen and oxygen atoms in total. The van der Waals surface area contributed by atoms with Crippen LogP contribution in [0.5, 0.6) is 0 Å². The second-order valence-electron chi connectivity index (χ2n) is 3.90. The van der Waals surface area contributed by atoms with E-state index in [-0.39, 0.29) is 11.9 Å². The summed E-state index contributed by atoms with van der Waals surface area (Å²) < 4.78 is 15.6. The van der Waals surface area contributed by atoms with Crippen molar-refractivity contribution in [2.75, 3.05) is 7.05 Å². The second kappa shape index (κ2) is 5.05. The molecule has 0 saturated carbocycles. The van der Waals surface area contributed by atoms with Gasteiger partial charge in [-0.3, -0.25) is 4.98 Å². The van der Waals surface area contributed by atoms with Crippen molar-refractivity contribution in [3.8, 4) is 0 Å². The molecular weight excluding hydrogens is 219 g/mol. The molecule has 0 aliphatic heterocycles. The van der Waals surface area contributed by atoms with Crippen LogP contribution in [0, 0.1) is 5.82 Å². The zero-order valence-electron chi connectivity index (χ0n) is 9.89. The minimum Gasteiger partial charge on any atom is -0.338 e. The van der Waals surface area contributed by atoms with Crippen LogP contribution in [0.1, 0.15) is 17.4 Å². The number of halogens is 1. The third kappa shape index (κ3) is 2.50. The number of hydrogen-bond donors (Lipinski definition) is 1. The van der Waals surface area contributed by atoms with Crippen molar-refractivity contribution >= 4 is 0 Å². The Morgan fingerprint density at radius 2 is 2.29 bits per heavy atom. The number of hydrogen-bond acceptors (Lipinski definition) is 3. The highest BCUT2D eigenvalue weighted by molar-refractivity contribution is 5.18. The van der Waals surface area contributed by atoms with Crippen LogP contribution in [-0.2, 0) is 13.5 Å². The molecule has 17 heavy (non-hydrogen) atoms. The summed E-state index contributed by atoms with van der Waals surface area (Å²) in [7, 11) is 3.74. The van der Waals surface area contributed by atoms with Crippen LogP contribution in [0.2, 0.25) is 0 Å². The number of aryl methyl sites for hydroxylation is 1. The highest BCUT2D eigenvalue weighted by Gasteiger charge is 2.16. The minimum atomic E-state index is -0.291. The first-order valence-electron chi connectivity index (χ1n) is 5.45. The van der Waals surface area contributed by atoms with E-state index in [0.29, 0.717) is 12.0 Å². The standard InChI is InChI=1S/C12H15FN4/c1-14-11(7-12-16-5-6-17(12)2)9-3-4-15-8-10(9)13/h3-6,8,11,14H,7H2,1-2H3. The van der Waals surface area contributed by atoms with Gasteiger partial charge in [0.25, 0.3) is 0 Å². The fourth-order valence-electron chi connectivity index (χ4n) is 1.81. The van der Waals surface area contributed by atoms with Gasteiger partial charge in [-0.1, -0.05) is 0 Å². The van der Waals surface area contributed by atoms with Gasteiger partial charge in [-0.25, -0.2) is 9.37 Å². The van der Waals surface area contributed by atoms with E-state index in [1.807, 2.05) is 24.9 Å². The van der Waals surface area contributed by atoms with Crippen LogP contribution < -0.4 is 5.32 Å². The fourth-order valence-corrected chi connectivity index (χ4v) is 1.81. The monoisotopic (exact) mass is 234 g/mol. The summed E-state index contributed by atoms with van der Waals surface area (Å²) in [6.07, 6.45) is 7.09. The lowest BCUT2D eigenvalue weighted by Gasteiger charge is -2.16. The molecule has 1 N–H and O–H groups in total. The third-order valence-corrected chi connectivity index (χ3v) is 2.84. The molecule has 2 aromatic heterocycles. The number of pyridine rings is 1. The Labute approximate surface area is 99.5 Å². The summed E-state index contributed by atoms with van der Waals surface area (Å²) in [5.74, 6) is 0.627. The number of likely N-dealkylation sites (N-methyl/N-ethyl adjacent to an activating group) is 1. The van der Waals surface area contributed by atoms with Gasteiger partial charge in [0.1, 0.15) is 11.6 Å². The van der Waals surface area contributed by atoms with E-state index in [0.717, 1.165) is 5.82 Å². The smallest absolute Gasteiger partial charge is 0.146 e. The van der Waals surface area contributed by atoms with E-state index in [1.54, 1.807) is 18.5 Å². The molecular formula is C12H15FN4. The largest absolute Gasteiger partial charge is 0.338 e. The Morgan fingerprint density at radius 1 is 1.47 bits per heavy atom. The van der Waals surface area contributed by atoms with Crippen LogP contribution >= 0.6 is 0 Å². The molecule has 0 bridgehead atoms. The molecule has 0 aliphatic rings. The maximum absolute atomic E-state index is 13.6. The zero-order valence-corrected chi connectivity index (χ0v) is 9.89. The van der Waals surface area contributed by atoms with Gasteiger partial charge in [0, 0.05) is 43.7 Å². The Balaban J connectivity index is 2.23. The SMILES string of the molecule is CNC(Cc1nccn1C)c1ccncc1F. The molecule has 0 fully saturated rings. The highest BCUT2D eigenvalue weighted by atomic mass is 19.1. The average molecular weight is 234 g/mol. The first kappa shape index (κ1) is 11.7. The number of rotatable bonds is 4. The number of nitrogens with one attached hydrogen (secondary N) is 1. The Morgan fingerprint density at radius 3 is 2.88 bits per heavy atom. The van der Waals surface area contributed by atoms with Crippen LogP contribution in [0.25, 0.3) is 0 Å². The van der Waals surface area contributed by atoms with Crippen molar-refractivity contribution < 1.29 is 4.39 Å². The van der Waals surface area contributed by atoms with Gasteiger partial charge in [0.15, 0.2) is 0 Å². The lowest BCUT2D eigenvalue weighted by atomic mass is 10.0. The molecule has 2 rings (SSSR count). The van der Waals surface area contributed by atoms with Crippen molar-refractivity contribution in [1.82, 2.24) is 19.9 Å². The van der Waals surface area contributed by atoms with Crippen LogP contribution in [0.4, 0.5) is 4.39 Å². The molecule has 90 valence electrons. The summed E-state index contributed by atoms with van der Waals surface area (Å²) in [6.45, 7) is 0. The van der Waals surface area contributed by atoms with Crippen LogP contribution in [0.3, 0.4) is 0 Å². The Bertz CT molecular complexity index is 495. The molecule has 2 heterocycles. The predicted octanol–water partition coefficient (Wildman–Crippen LogP) is 1.46. The van der Waals surface area contributed by atoms with E-state index in [2.05, 4.69) is 15.3 Å². The molecule has 1 atom stereocenters. The first-order chi connectivity index (χ1) is 8.22. The Hall–Kier alpha value is -1.75. The number of aromatic nitrogens is 3. The molecule has 0 aliphatic carbocycles. The number of imidazole rings is 1. The van der Waals surface area contributed by atoms with Gasteiger partial charge in [0.05, 0.1) is 6.20 Å². The average Bonchev–Trinajstić information content (AvgIpc) is 2.73. The van der Waals surface area contributed by atoms with Crippen molar-refractivity contribution in [3.05, 3.63) is 48.1 Å². The summed E-state index contributed by atoms with van der Waals surface area (Å²) in [4.78, 5) is 8.00. The molecule has 1 unspecified atom stereocenters. The normalized spacial score (nSPS) is 12.6. The van der Waals surface area contributed by atoms with E-state index >= 15 is 0 Å². The van der Waals surface area contributed by atoms with Gasteiger partial charge < -0.3 is 9.88 Å². The van der Waals surface area contributed by atoms with Crippen molar-refractivity contribution in [2.24, 2.45) is 7.05 Å². The van der Waals surface area contributed by atoms with Gasteiger partial charge >= 0.3 is 0 Å². The fraction of sp³-hybridized carbons (Fsp3) is 0.333. The predicted molar refractivity (Wildman–Crippen MR) is 62.9 cm³/mol. The molecule has 0 saturated heterocycles. The van der Waals surface area contributed by atoms with Gasteiger partial charge in [-0.2, -0.15) is 0 Å². The number of nitrogens with zero attached hydrogens (tertiary/aromatic N) is 3. The quantitative estimate of drug-likeness (QED) is 0.870.